The van der Waals surface area contributed by atoms with Crippen LogP contribution < -0.4 is 0 Å². The highest BCUT2D eigenvalue weighted by molar-refractivity contribution is 4.87. The average molecular weight is 194 g/mol. The van der Waals surface area contributed by atoms with Gasteiger partial charge in [-0.05, 0) is 25.2 Å². The van der Waals surface area contributed by atoms with Gasteiger partial charge in [-0.25, -0.2) is 0 Å². The smallest absolute Gasteiger partial charge is 0.0230 e. The average Bonchev–Trinajstić information content (AvgIpc) is 2.21. The second-order valence-electron chi connectivity index (χ2n) is 4.12. The minimum absolute atomic E-state index is 0.631. The Balaban J connectivity index is 3.14. The van der Waals surface area contributed by atoms with E-state index in [1.54, 1.807) is 0 Å². The van der Waals surface area contributed by atoms with Gasteiger partial charge in [0.05, 0.1) is 0 Å². The topological polar surface area (TPSA) is 0 Å². The monoisotopic (exact) mass is 194 g/mol. The summed E-state index contributed by atoms with van der Waals surface area (Å²) < 4.78 is 0. The molecule has 0 rings (SSSR count). The van der Waals surface area contributed by atoms with Crippen LogP contribution in [-0.2, 0) is 0 Å². The first-order valence-electron chi connectivity index (χ1n) is 6.08. The first-order valence-corrected chi connectivity index (χ1v) is 6.08. The Hall–Kier alpha value is -0.520. The predicted octanol–water partition coefficient (Wildman–Crippen LogP) is 5.12. The molecule has 0 aliphatic carbocycles. The van der Waals surface area contributed by atoms with Gasteiger partial charge in [0, 0.05) is 0 Å². The van der Waals surface area contributed by atoms with Crippen LogP contribution in [0.25, 0.3) is 0 Å². The van der Waals surface area contributed by atoms with Gasteiger partial charge in [0.25, 0.3) is 0 Å². The third kappa shape index (κ3) is 9.57. The molecule has 0 aliphatic heterocycles. The third-order valence-electron chi connectivity index (χ3n) is 2.55. The normalized spacial score (nSPS) is 13.3. The molecule has 1 atom stereocenters. The molecule has 0 bridgehead atoms. The molecule has 0 heterocycles. The molecular weight excluding hydrogens is 168 g/mol. The highest BCUT2D eigenvalue weighted by Gasteiger charge is 1.90. The van der Waals surface area contributed by atoms with Crippen molar-refractivity contribution in [1.82, 2.24) is 0 Å². The SMILES string of the molecule is C=CC(C)C/C=C/CCCCCCC. The maximum atomic E-state index is 3.78. The summed E-state index contributed by atoms with van der Waals surface area (Å²) in [5, 5.41) is 0. The second kappa shape index (κ2) is 10.6. The van der Waals surface area contributed by atoms with Gasteiger partial charge >= 0.3 is 0 Å². The van der Waals surface area contributed by atoms with E-state index in [4.69, 9.17) is 0 Å². The van der Waals surface area contributed by atoms with Crippen molar-refractivity contribution in [2.24, 2.45) is 5.92 Å². The Bertz CT molecular complexity index is 144. The van der Waals surface area contributed by atoms with E-state index in [1.807, 2.05) is 6.08 Å². The van der Waals surface area contributed by atoms with Gasteiger partial charge < -0.3 is 0 Å². The summed E-state index contributed by atoms with van der Waals surface area (Å²) >= 11 is 0. The van der Waals surface area contributed by atoms with Gasteiger partial charge in [-0.2, -0.15) is 0 Å². The Kier molecular flexibility index (Phi) is 10.2. The summed E-state index contributed by atoms with van der Waals surface area (Å²) in [6, 6.07) is 0. The largest absolute Gasteiger partial charge is 0.103 e. The second-order valence-corrected chi connectivity index (χ2v) is 4.12. The Morgan fingerprint density at radius 3 is 2.43 bits per heavy atom. The van der Waals surface area contributed by atoms with Crippen molar-refractivity contribution in [1.29, 1.82) is 0 Å². The van der Waals surface area contributed by atoms with E-state index in [2.05, 4.69) is 32.6 Å². The number of allylic oxidation sites excluding steroid dienone is 3. The lowest BCUT2D eigenvalue weighted by Gasteiger charge is -1.99. The van der Waals surface area contributed by atoms with Crippen molar-refractivity contribution < 1.29 is 0 Å². The molecule has 82 valence electrons. The van der Waals surface area contributed by atoms with Crippen LogP contribution in [0.1, 0.15) is 58.8 Å². The van der Waals surface area contributed by atoms with Crippen molar-refractivity contribution in [3.05, 3.63) is 24.8 Å². The Labute approximate surface area is 90.1 Å². The third-order valence-corrected chi connectivity index (χ3v) is 2.55. The Morgan fingerprint density at radius 1 is 1.07 bits per heavy atom. The van der Waals surface area contributed by atoms with E-state index in [0.29, 0.717) is 5.92 Å². The fourth-order valence-corrected chi connectivity index (χ4v) is 1.39. The lowest BCUT2D eigenvalue weighted by atomic mass is 10.1. The molecule has 0 aromatic heterocycles. The molecule has 0 N–H and O–H groups in total. The Morgan fingerprint density at radius 2 is 1.79 bits per heavy atom. The zero-order valence-electron chi connectivity index (χ0n) is 9.97. The van der Waals surface area contributed by atoms with E-state index in [1.165, 1.54) is 38.5 Å². The molecule has 0 amide bonds. The minimum Gasteiger partial charge on any atom is -0.103 e. The van der Waals surface area contributed by atoms with E-state index < -0.39 is 0 Å². The highest BCUT2D eigenvalue weighted by atomic mass is 14.0. The minimum atomic E-state index is 0.631. The van der Waals surface area contributed by atoms with Crippen LogP contribution in [0.15, 0.2) is 24.8 Å². The zero-order valence-corrected chi connectivity index (χ0v) is 9.97. The summed E-state index contributed by atoms with van der Waals surface area (Å²) in [5.41, 5.74) is 0. The summed E-state index contributed by atoms with van der Waals surface area (Å²) in [5.74, 6) is 0.631. The maximum absolute atomic E-state index is 3.78. The van der Waals surface area contributed by atoms with Crippen LogP contribution in [0, 0.1) is 5.92 Å². The molecule has 0 aromatic rings. The summed E-state index contributed by atoms with van der Waals surface area (Å²) in [6.45, 7) is 8.24. The van der Waals surface area contributed by atoms with Crippen molar-refractivity contribution in [2.75, 3.05) is 0 Å². The molecule has 0 radical (unpaired) electrons. The molecule has 1 unspecified atom stereocenters. The van der Waals surface area contributed by atoms with E-state index in [0.717, 1.165) is 6.42 Å². The number of rotatable bonds is 9. The van der Waals surface area contributed by atoms with Gasteiger partial charge in [0.2, 0.25) is 0 Å². The molecule has 14 heavy (non-hydrogen) atoms. The van der Waals surface area contributed by atoms with Gasteiger partial charge in [0.1, 0.15) is 0 Å². The fraction of sp³-hybridized carbons (Fsp3) is 0.714. The molecule has 0 aromatic carbocycles. The van der Waals surface area contributed by atoms with Crippen LogP contribution >= 0.6 is 0 Å². The van der Waals surface area contributed by atoms with Crippen LogP contribution in [0.2, 0.25) is 0 Å². The van der Waals surface area contributed by atoms with Gasteiger partial charge in [-0.1, -0.05) is 57.8 Å². The maximum Gasteiger partial charge on any atom is -0.0230 e. The van der Waals surface area contributed by atoms with Crippen molar-refractivity contribution in [2.45, 2.75) is 58.8 Å². The van der Waals surface area contributed by atoms with E-state index in [9.17, 15) is 0 Å². The van der Waals surface area contributed by atoms with Crippen LogP contribution in [0.5, 0.6) is 0 Å². The summed E-state index contributed by atoms with van der Waals surface area (Å²) in [7, 11) is 0. The molecule has 0 heteroatoms. The van der Waals surface area contributed by atoms with Crippen LogP contribution in [0.3, 0.4) is 0 Å². The first-order chi connectivity index (χ1) is 6.81. The first kappa shape index (κ1) is 13.5. The fourth-order valence-electron chi connectivity index (χ4n) is 1.39. The number of hydrogen-bond donors (Lipinski definition) is 0. The number of unbranched alkanes of at least 4 members (excludes halogenated alkanes) is 5. The lowest BCUT2D eigenvalue weighted by Crippen LogP contribution is -1.83. The molecule has 0 saturated heterocycles. The van der Waals surface area contributed by atoms with Crippen molar-refractivity contribution >= 4 is 0 Å². The van der Waals surface area contributed by atoms with Crippen molar-refractivity contribution in [3.8, 4) is 0 Å². The van der Waals surface area contributed by atoms with Crippen LogP contribution in [0.4, 0.5) is 0 Å². The molecule has 0 saturated carbocycles. The molecular formula is C14H26. The highest BCUT2D eigenvalue weighted by Crippen LogP contribution is 2.07. The van der Waals surface area contributed by atoms with Crippen molar-refractivity contribution in [3.63, 3.8) is 0 Å². The van der Waals surface area contributed by atoms with Gasteiger partial charge in [-0.15, -0.1) is 6.58 Å². The zero-order chi connectivity index (χ0) is 10.6. The molecule has 0 nitrogen and oxygen atoms in total. The van der Waals surface area contributed by atoms with Crippen LogP contribution in [-0.4, -0.2) is 0 Å². The van der Waals surface area contributed by atoms with Gasteiger partial charge in [-0.3, -0.25) is 0 Å². The van der Waals surface area contributed by atoms with E-state index >= 15 is 0 Å². The summed E-state index contributed by atoms with van der Waals surface area (Å²) in [4.78, 5) is 0. The number of hydrogen-bond acceptors (Lipinski definition) is 0. The summed E-state index contributed by atoms with van der Waals surface area (Å²) in [6.07, 6.45) is 16.0. The van der Waals surface area contributed by atoms with Gasteiger partial charge in [0.15, 0.2) is 0 Å². The molecule has 0 spiro atoms. The molecule has 0 fully saturated rings. The molecule has 0 aliphatic rings. The van der Waals surface area contributed by atoms with E-state index in [-0.39, 0.29) is 0 Å². The standard InChI is InChI=1S/C14H26/c1-4-6-7-8-9-10-11-12-13-14(3)5-2/h5,11-12,14H,2,4,6-10,13H2,1,3H3/b12-11+. The predicted molar refractivity (Wildman–Crippen MR) is 66.5 cm³/mol. The quantitative estimate of drug-likeness (QED) is 0.353. The lowest BCUT2D eigenvalue weighted by molar-refractivity contribution is 0.636.